The number of anilines is 2. The molecule has 1 aromatic heterocycles. The van der Waals surface area contributed by atoms with Crippen molar-refractivity contribution in [3.8, 4) is 0 Å². The number of ether oxygens (including phenoxy) is 1. The first-order chi connectivity index (χ1) is 8.63. The van der Waals surface area contributed by atoms with Crippen molar-refractivity contribution < 1.29 is 9.53 Å². The fourth-order valence-corrected chi connectivity index (χ4v) is 2.17. The molecule has 1 aliphatic heterocycles. The summed E-state index contributed by atoms with van der Waals surface area (Å²) in [5, 5.41) is 0. The first kappa shape index (κ1) is 12.6. The Hall–Kier alpha value is -1.85. The van der Waals surface area contributed by atoms with Gasteiger partial charge in [-0.25, -0.2) is 9.78 Å². The highest BCUT2D eigenvalue weighted by molar-refractivity contribution is 5.95. The Labute approximate surface area is 106 Å². The minimum atomic E-state index is -0.491. The Morgan fingerprint density at radius 1 is 1.28 bits per heavy atom. The van der Waals surface area contributed by atoms with Crippen molar-refractivity contribution in [2.45, 2.75) is 26.2 Å². The van der Waals surface area contributed by atoms with E-state index in [1.807, 2.05) is 0 Å². The number of methoxy groups -OCH3 is 1. The number of piperidine rings is 1. The highest BCUT2D eigenvalue weighted by atomic mass is 16.5. The molecule has 0 saturated carbocycles. The van der Waals surface area contributed by atoms with Gasteiger partial charge in [-0.2, -0.15) is 4.98 Å². The summed E-state index contributed by atoms with van der Waals surface area (Å²) in [5.74, 6) is 0.308. The predicted octanol–water partition coefficient (Wildman–Crippen LogP) is 1.14. The smallest absolute Gasteiger partial charge is 0.343 e. The summed E-state index contributed by atoms with van der Waals surface area (Å²) in [7, 11) is 1.32. The van der Waals surface area contributed by atoms with E-state index in [0.717, 1.165) is 25.9 Å². The predicted molar refractivity (Wildman–Crippen MR) is 68.6 cm³/mol. The molecule has 0 radical (unpaired) electrons. The molecule has 1 aliphatic rings. The van der Waals surface area contributed by atoms with E-state index >= 15 is 0 Å². The molecule has 0 bridgehead atoms. The van der Waals surface area contributed by atoms with Gasteiger partial charge in [0.15, 0.2) is 0 Å². The van der Waals surface area contributed by atoms with Gasteiger partial charge >= 0.3 is 5.97 Å². The molecule has 1 aromatic rings. The molecule has 2 rings (SSSR count). The third-order valence-electron chi connectivity index (χ3n) is 3.13. The lowest BCUT2D eigenvalue weighted by molar-refractivity contribution is 0.0600. The number of esters is 1. The molecule has 6 heteroatoms. The van der Waals surface area contributed by atoms with Gasteiger partial charge in [0.2, 0.25) is 5.95 Å². The van der Waals surface area contributed by atoms with Gasteiger partial charge in [-0.15, -0.1) is 0 Å². The number of hydrogen-bond acceptors (Lipinski definition) is 6. The van der Waals surface area contributed by atoms with Crippen LogP contribution in [-0.4, -0.2) is 36.1 Å². The van der Waals surface area contributed by atoms with Crippen LogP contribution in [0.1, 0.15) is 35.3 Å². The lowest BCUT2D eigenvalue weighted by atomic mass is 10.1. The number of nitrogen functional groups attached to an aromatic ring is 1. The van der Waals surface area contributed by atoms with Crippen molar-refractivity contribution in [3.63, 3.8) is 0 Å². The average Bonchev–Trinajstić information content (AvgIpc) is 2.38. The van der Waals surface area contributed by atoms with Crippen LogP contribution in [0.15, 0.2) is 0 Å². The van der Waals surface area contributed by atoms with E-state index in [4.69, 9.17) is 5.73 Å². The topological polar surface area (TPSA) is 81.3 Å². The molecule has 0 aliphatic carbocycles. The van der Waals surface area contributed by atoms with Gasteiger partial charge < -0.3 is 15.4 Å². The minimum absolute atomic E-state index is 0.190. The van der Waals surface area contributed by atoms with Crippen LogP contribution in [0.5, 0.6) is 0 Å². The second kappa shape index (κ2) is 5.20. The van der Waals surface area contributed by atoms with Crippen molar-refractivity contribution in [1.82, 2.24) is 9.97 Å². The van der Waals surface area contributed by atoms with Gasteiger partial charge in [-0.1, -0.05) is 0 Å². The van der Waals surface area contributed by atoms with Crippen molar-refractivity contribution in [2.75, 3.05) is 30.8 Å². The van der Waals surface area contributed by atoms with Gasteiger partial charge in [0.1, 0.15) is 11.4 Å². The standard InChI is InChI=1S/C12H18N4O2/c1-8-9(11(17)18-2)10(13)15-12(14-8)16-6-4-3-5-7-16/h3-7H2,1-2H3,(H2,13,14,15). The van der Waals surface area contributed by atoms with Crippen LogP contribution in [0.25, 0.3) is 0 Å². The van der Waals surface area contributed by atoms with Gasteiger partial charge in [0.05, 0.1) is 12.8 Å². The number of aromatic nitrogens is 2. The Bertz CT molecular complexity index is 432. The quantitative estimate of drug-likeness (QED) is 0.793. The first-order valence-electron chi connectivity index (χ1n) is 6.11. The lowest BCUT2D eigenvalue weighted by Crippen LogP contribution is -2.31. The summed E-state index contributed by atoms with van der Waals surface area (Å²) in [6.07, 6.45) is 3.52. The zero-order valence-electron chi connectivity index (χ0n) is 10.8. The normalized spacial score (nSPS) is 15.6. The van der Waals surface area contributed by atoms with Crippen molar-refractivity contribution in [3.05, 3.63) is 11.3 Å². The molecule has 1 fully saturated rings. The molecule has 2 heterocycles. The minimum Gasteiger partial charge on any atom is -0.465 e. The SMILES string of the molecule is COC(=O)c1c(C)nc(N2CCCCC2)nc1N. The zero-order chi connectivity index (χ0) is 13.1. The van der Waals surface area contributed by atoms with Crippen LogP contribution in [0.4, 0.5) is 11.8 Å². The molecule has 2 N–H and O–H groups in total. The lowest BCUT2D eigenvalue weighted by Gasteiger charge is -2.27. The second-order valence-electron chi connectivity index (χ2n) is 4.41. The summed E-state index contributed by atoms with van der Waals surface area (Å²) in [6, 6.07) is 0. The number of nitrogens with zero attached hydrogens (tertiary/aromatic N) is 3. The summed E-state index contributed by atoms with van der Waals surface area (Å²) in [5.41, 5.74) is 6.65. The summed E-state index contributed by atoms with van der Waals surface area (Å²) in [4.78, 5) is 22.2. The number of rotatable bonds is 2. The van der Waals surface area contributed by atoms with E-state index in [1.54, 1.807) is 6.92 Å². The van der Waals surface area contributed by atoms with E-state index in [1.165, 1.54) is 13.5 Å². The van der Waals surface area contributed by atoms with E-state index < -0.39 is 5.97 Å². The molecular weight excluding hydrogens is 232 g/mol. The van der Waals surface area contributed by atoms with Crippen molar-refractivity contribution in [2.24, 2.45) is 0 Å². The molecule has 0 aromatic carbocycles. The van der Waals surface area contributed by atoms with E-state index in [0.29, 0.717) is 11.6 Å². The van der Waals surface area contributed by atoms with Crippen LogP contribution in [0.3, 0.4) is 0 Å². The number of hydrogen-bond donors (Lipinski definition) is 1. The maximum atomic E-state index is 11.5. The Kier molecular flexibility index (Phi) is 3.64. The highest BCUT2D eigenvalue weighted by Gasteiger charge is 2.20. The fraction of sp³-hybridized carbons (Fsp3) is 0.583. The van der Waals surface area contributed by atoms with Gasteiger partial charge in [-0.05, 0) is 26.2 Å². The molecule has 98 valence electrons. The molecule has 0 atom stereocenters. The van der Waals surface area contributed by atoms with Crippen LogP contribution in [-0.2, 0) is 4.74 Å². The third kappa shape index (κ3) is 2.37. The molecule has 0 amide bonds. The maximum absolute atomic E-state index is 11.5. The van der Waals surface area contributed by atoms with Crippen LogP contribution < -0.4 is 10.6 Å². The fourth-order valence-electron chi connectivity index (χ4n) is 2.17. The van der Waals surface area contributed by atoms with Crippen molar-refractivity contribution in [1.29, 1.82) is 0 Å². The van der Waals surface area contributed by atoms with E-state index in [9.17, 15) is 4.79 Å². The first-order valence-corrected chi connectivity index (χ1v) is 6.11. The van der Waals surface area contributed by atoms with E-state index in [-0.39, 0.29) is 11.4 Å². The molecular formula is C12H18N4O2. The third-order valence-corrected chi connectivity index (χ3v) is 3.13. The number of nitrogens with two attached hydrogens (primary N) is 1. The van der Waals surface area contributed by atoms with Gasteiger partial charge in [0.25, 0.3) is 0 Å². The van der Waals surface area contributed by atoms with Gasteiger partial charge in [0, 0.05) is 13.1 Å². The van der Waals surface area contributed by atoms with Crippen molar-refractivity contribution >= 4 is 17.7 Å². The summed E-state index contributed by atoms with van der Waals surface area (Å²) < 4.78 is 4.67. The van der Waals surface area contributed by atoms with E-state index in [2.05, 4.69) is 19.6 Å². The Morgan fingerprint density at radius 3 is 2.50 bits per heavy atom. The van der Waals surface area contributed by atoms with Crippen LogP contribution in [0, 0.1) is 6.92 Å². The molecule has 1 saturated heterocycles. The number of carbonyl (C=O) groups is 1. The molecule has 18 heavy (non-hydrogen) atoms. The Balaban J connectivity index is 2.32. The maximum Gasteiger partial charge on any atom is 0.343 e. The number of carbonyl (C=O) groups excluding carboxylic acids is 1. The number of aryl methyl sites for hydroxylation is 1. The summed E-state index contributed by atoms with van der Waals surface area (Å²) >= 11 is 0. The zero-order valence-corrected chi connectivity index (χ0v) is 10.8. The highest BCUT2D eigenvalue weighted by Crippen LogP contribution is 2.21. The Morgan fingerprint density at radius 2 is 1.94 bits per heavy atom. The molecule has 0 spiro atoms. The second-order valence-corrected chi connectivity index (χ2v) is 4.41. The van der Waals surface area contributed by atoms with Gasteiger partial charge in [-0.3, -0.25) is 0 Å². The average molecular weight is 250 g/mol. The largest absolute Gasteiger partial charge is 0.465 e. The monoisotopic (exact) mass is 250 g/mol. The van der Waals surface area contributed by atoms with Crippen LogP contribution >= 0.6 is 0 Å². The van der Waals surface area contributed by atoms with Crippen LogP contribution in [0.2, 0.25) is 0 Å². The molecule has 6 nitrogen and oxygen atoms in total. The summed E-state index contributed by atoms with van der Waals surface area (Å²) in [6.45, 7) is 3.63. The molecule has 0 unspecified atom stereocenters.